The molecule has 0 saturated heterocycles. The Kier molecular flexibility index (Phi) is 3.83. The van der Waals surface area contributed by atoms with Gasteiger partial charge in [0.15, 0.2) is 0 Å². The number of nitro benzene ring substituents is 1. The van der Waals surface area contributed by atoms with Crippen molar-refractivity contribution in [3.63, 3.8) is 0 Å². The monoisotopic (exact) mass is 325 g/mol. The maximum absolute atomic E-state index is 10.5. The molecule has 0 spiro atoms. The van der Waals surface area contributed by atoms with Gasteiger partial charge in [-0.25, -0.2) is 4.98 Å². The van der Waals surface area contributed by atoms with E-state index >= 15 is 0 Å². The van der Waals surface area contributed by atoms with E-state index in [1.807, 2.05) is 0 Å². The summed E-state index contributed by atoms with van der Waals surface area (Å²) in [5, 5.41) is 11.2. The third kappa shape index (κ3) is 2.99. The molecule has 1 heterocycles. The molecule has 0 saturated carbocycles. The Morgan fingerprint density at radius 2 is 2.00 bits per heavy atom. The summed E-state index contributed by atoms with van der Waals surface area (Å²) in [4.78, 5) is 15.1. The standard InChI is InChI=1S/C11H8BrN3O2S/c12-7-5-10(13)11(14-6-7)18-9-3-1-8(2-4-9)15(16)17/h1-6H,13H2. The fourth-order valence-corrected chi connectivity index (χ4v) is 2.40. The highest BCUT2D eigenvalue weighted by Crippen LogP contribution is 2.32. The Morgan fingerprint density at radius 3 is 2.56 bits per heavy atom. The number of nitrogen functional groups attached to an aromatic ring is 1. The number of pyridine rings is 1. The lowest BCUT2D eigenvalue weighted by atomic mass is 10.3. The van der Waals surface area contributed by atoms with Gasteiger partial charge in [-0.2, -0.15) is 0 Å². The molecule has 0 aliphatic rings. The minimum Gasteiger partial charge on any atom is -0.397 e. The normalized spacial score (nSPS) is 10.3. The molecule has 92 valence electrons. The lowest BCUT2D eigenvalue weighted by Crippen LogP contribution is -1.91. The largest absolute Gasteiger partial charge is 0.397 e. The molecule has 0 fully saturated rings. The van der Waals surface area contributed by atoms with E-state index in [4.69, 9.17) is 5.73 Å². The van der Waals surface area contributed by atoms with Crippen LogP contribution >= 0.6 is 27.7 Å². The first-order chi connectivity index (χ1) is 8.56. The average Bonchev–Trinajstić information content (AvgIpc) is 2.33. The molecule has 0 atom stereocenters. The van der Waals surface area contributed by atoms with Gasteiger partial charge < -0.3 is 5.73 Å². The number of aromatic nitrogens is 1. The summed E-state index contributed by atoms with van der Waals surface area (Å²) >= 11 is 4.64. The first-order valence-corrected chi connectivity index (χ1v) is 6.50. The number of hydrogen-bond donors (Lipinski definition) is 1. The highest BCUT2D eigenvalue weighted by Gasteiger charge is 2.07. The summed E-state index contributed by atoms with van der Waals surface area (Å²) < 4.78 is 0.813. The van der Waals surface area contributed by atoms with Crippen molar-refractivity contribution in [3.8, 4) is 0 Å². The number of halogens is 1. The second kappa shape index (κ2) is 5.36. The van der Waals surface area contributed by atoms with Crippen molar-refractivity contribution in [1.82, 2.24) is 4.98 Å². The van der Waals surface area contributed by atoms with Gasteiger partial charge in [0, 0.05) is 27.7 Å². The molecule has 0 aliphatic carbocycles. The zero-order valence-corrected chi connectivity index (χ0v) is 11.4. The van der Waals surface area contributed by atoms with E-state index in [1.165, 1.54) is 23.9 Å². The van der Waals surface area contributed by atoms with E-state index in [1.54, 1.807) is 24.4 Å². The number of nitrogens with two attached hydrogens (primary N) is 1. The van der Waals surface area contributed by atoms with Crippen molar-refractivity contribution in [2.75, 3.05) is 5.73 Å². The van der Waals surface area contributed by atoms with Crippen LogP contribution in [0.15, 0.2) is 50.9 Å². The second-order valence-corrected chi connectivity index (χ2v) is 5.38. The molecule has 2 aromatic rings. The molecule has 0 amide bonds. The molecule has 1 aromatic heterocycles. The summed E-state index contributed by atoms with van der Waals surface area (Å²) in [7, 11) is 0. The maximum Gasteiger partial charge on any atom is 0.269 e. The highest BCUT2D eigenvalue weighted by molar-refractivity contribution is 9.10. The van der Waals surface area contributed by atoms with Crippen LogP contribution in [-0.4, -0.2) is 9.91 Å². The zero-order valence-electron chi connectivity index (χ0n) is 9.04. The quantitative estimate of drug-likeness (QED) is 0.690. The lowest BCUT2D eigenvalue weighted by molar-refractivity contribution is -0.384. The van der Waals surface area contributed by atoms with Crippen molar-refractivity contribution in [2.45, 2.75) is 9.92 Å². The predicted molar refractivity (Wildman–Crippen MR) is 73.6 cm³/mol. The van der Waals surface area contributed by atoms with Crippen LogP contribution in [0.1, 0.15) is 0 Å². The summed E-state index contributed by atoms with van der Waals surface area (Å²) in [6, 6.07) is 8.02. The number of hydrogen-bond acceptors (Lipinski definition) is 5. The number of anilines is 1. The third-order valence-electron chi connectivity index (χ3n) is 2.11. The van der Waals surface area contributed by atoms with E-state index in [-0.39, 0.29) is 5.69 Å². The average molecular weight is 326 g/mol. The van der Waals surface area contributed by atoms with Crippen LogP contribution in [0, 0.1) is 10.1 Å². The summed E-state index contributed by atoms with van der Waals surface area (Å²) in [6.45, 7) is 0. The van der Waals surface area contributed by atoms with Gasteiger partial charge in [0.25, 0.3) is 5.69 Å². The van der Waals surface area contributed by atoms with Gasteiger partial charge in [0.05, 0.1) is 10.6 Å². The number of nitrogens with zero attached hydrogens (tertiary/aromatic N) is 2. The van der Waals surface area contributed by atoms with Gasteiger partial charge in [-0.1, -0.05) is 11.8 Å². The Balaban J connectivity index is 2.21. The van der Waals surface area contributed by atoms with Crippen LogP contribution in [0.5, 0.6) is 0 Å². The van der Waals surface area contributed by atoms with Gasteiger partial charge in [-0.3, -0.25) is 10.1 Å². The number of benzene rings is 1. The van der Waals surface area contributed by atoms with Gasteiger partial charge in [-0.15, -0.1) is 0 Å². The van der Waals surface area contributed by atoms with Crippen molar-refractivity contribution < 1.29 is 4.92 Å². The highest BCUT2D eigenvalue weighted by atomic mass is 79.9. The van der Waals surface area contributed by atoms with Crippen LogP contribution in [0.25, 0.3) is 0 Å². The molecular formula is C11H8BrN3O2S. The fraction of sp³-hybridized carbons (Fsp3) is 0. The fourth-order valence-electron chi connectivity index (χ4n) is 1.28. The molecule has 0 bridgehead atoms. The van der Waals surface area contributed by atoms with Gasteiger partial charge in [-0.05, 0) is 34.1 Å². The van der Waals surface area contributed by atoms with Crippen molar-refractivity contribution in [1.29, 1.82) is 0 Å². The van der Waals surface area contributed by atoms with E-state index < -0.39 is 4.92 Å². The Labute approximate surface area is 116 Å². The smallest absolute Gasteiger partial charge is 0.269 e. The molecular weight excluding hydrogens is 318 g/mol. The van der Waals surface area contributed by atoms with Crippen LogP contribution < -0.4 is 5.73 Å². The van der Waals surface area contributed by atoms with Gasteiger partial charge in [0.1, 0.15) is 5.03 Å². The van der Waals surface area contributed by atoms with E-state index in [0.717, 1.165) is 9.37 Å². The third-order valence-corrected chi connectivity index (χ3v) is 3.58. The van der Waals surface area contributed by atoms with Crippen LogP contribution in [0.4, 0.5) is 11.4 Å². The van der Waals surface area contributed by atoms with Crippen LogP contribution in [-0.2, 0) is 0 Å². The second-order valence-electron chi connectivity index (χ2n) is 3.40. The van der Waals surface area contributed by atoms with Gasteiger partial charge >= 0.3 is 0 Å². The Hall–Kier alpha value is -1.60. The van der Waals surface area contributed by atoms with Crippen molar-refractivity contribution >= 4 is 39.1 Å². The lowest BCUT2D eigenvalue weighted by Gasteiger charge is -2.04. The molecule has 0 unspecified atom stereocenters. The topological polar surface area (TPSA) is 82.0 Å². The van der Waals surface area contributed by atoms with E-state index in [9.17, 15) is 10.1 Å². The first-order valence-electron chi connectivity index (χ1n) is 4.89. The first kappa shape index (κ1) is 12.8. The number of nitro groups is 1. The molecule has 5 nitrogen and oxygen atoms in total. The summed E-state index contributed by atoms with van der Waals surface area (Å²) in [5.41, 5.74) is 6.45. The minimum atomic E-state index is -0.430. The number of non-ortho nitro benzene ring substituents is 1. The van der Waals surface area contributed by atoms with Gasteiger partial charge in [0.2, 0.25) is 0 Å². The van der Waals surface area contributed by atoms with Crippen molar-refractivity contribution in [2.24, 2.45) is 0 Å². The summed E-state index contributed by atoms with van der Waals surface area (Å²) in [5.74, 6) is 0. The SMILES string of the molecule is Nc1cc(Br)cnc1Sc1ccc([N+](=O)[O-])cc1. The summed E-state index contributed by atoms with van der Waals surface area (Å²) in [6.07, 6.45) is 1.66. The Morgan fingerprint density at radius 1 is 1.33 bits per heavy atom. The Bertz CT molecular complexity index is 589. The van der Waals surface area contributed by atoms with Crippen LogP contribution in [0.2, 0.25) is 0 Å². The maximum atomic E-state index is 10.5. The van der Waals surface area contributed by atoms with Crippen LogP contribution in [0.3, 0.4) is 0 Å². The predicted octanol–water partition coefficient (Wildman–Crippen LogP) is 3.49. The van der Waals surface area contributed by atoms with E-state index in [2.05, 4.69) is 20.9 Å². The molecule has 7 heteroatoms. The minimum absolute atomic E-state index is 0.0658. The molecule has 0 aliphatic heterocycles. The number of rotatable bonds is 3. The molecule has 2 N–H and O–H groups in total. The molecule has 0 radical (unpaired) electrons. The van der Waals surface area contributed by atoms with E-state index in [0.29, 0.717) is 10.7 Å². The molecule has 2 rings (SSSR count). The molecule has 18 heavy (non-hydrogen) atoms. The molecule has 1 aromatic carbocycles. The van der Waals surface area contributed by atoms with Crippen molar-refractivity contribution in [3.05, 3.63) is 51.1 Å². The zero-order chi connectivity index (χ0) is 13.1.